The lowest BCUT2D eigenvalue weighted by atomic mass is 10.1. The molecule has 0 aliphatic heterocycles. The predicted molar refractivity (Wildman–Crippen MR) is 84.2 cm³/mol. The molecule has 0 bridgehead atoms. The van der Waals surface area contributed by atoms with E-state index in [1.807, 2.05) is 13.0 Å². The molecule has 0 radical (unpaired) electrons. The van der Waals surface area contributed by atoms with E-state index in [0.717, 1.165) is 5.56 Å². The Morgan fingerprint density at radius 1 is 1.43 bits per heavy atom. The van der Waals surface area contributed by atoms with Gasteiger partial charge >= 0.3 is 0 Å². The fraction of sp³-hybridized carbons (Fsp3) is 0.154. The first kappa shape index (κ1) is 15.6. The summed E-state index contributed by atoms with van der Waals surface area (Å²) in [5, 5.41) is 22.9. The zero-order valence-corrected chi connectivity index (χ0v) is 13.1. The smallest absolute Gasteiger partial charge is 0.270 e. The number of nitro groups is 1. The number of nitrogens with one attached hydrogen (secondary N) is 1. The maximum absolute atomic E-state index is 10.7. The van der Waals surface area contributed by atoms with E-state index in [2.05, 4.69) is 5.32 Å². The number of thiophene rings is 1. The number of nitrogens with zero attached hydrogens (tertiary/aromatic N) is 2. The van der Waals surface area contributed by atoms with E-state index in [0.29, 0.717) is 14.4 Å². The van der Waals surface area contributed by atoms with Crippen LogP contribution in [0.3, 0.4) is 0 Å². The van der Waals surface area contributed by atoms with Crippen molar-refractivity contribution in [2.75, 3.05) is 5.32 Å². The summed E-state index contributed by atoms with van der Waals surface area (Å²) in [4.78, 5) is 10.2. The Morgan fingerprint density at radius 3 is 2.67 bits per heavy atom. The van der Waals surface area contributed by atoms with Gasteiger partial charge in [0, 0.05) is 17.7 Å². The van der Waals surface area contributed by atoms with E-state index in [-0.39, 0.29) is 17.3 Å². The molecule has 21 heavy (non-hydrogen) atoms. The number of rotatable bonds is 4. The number of hydrogen-bond donors (Lipinski definition) is 1. The monoisotopic (exact) mass is 341 g/mol. The van der Waals surface area contributed by atoms with Crippen molar-refractivity contribution >= 4 is 45.9 Å². The number of non-ortho nitro benzene ring substituents is 1. The summed E-state index contributed by atoms with van der Waals surface area (Å²) in [6.07, 6.45) is 0. The number of hydrogen-bond acceptors (Lipinski definition) is 5. The van der Waals surface area contributed by atoms with Gasteiger partial charge in [0.25, 0.3) is 5.69 Å². The van der Waals surface area contributed by atoms with Crippen LogP contribution in [-0.2, 0) is 0 Å². The topological polar surface area (TPSA) is 79.0 Å². The van der Waals surface area contributed by atoms with E-state index in [1.54, 1.807) is 6.07 Å². The summed E-state index contributed by atoms with van der Waals surface area (Å²) in [5.74, 6) is 0. The van der Waals surface area contributed by atoms with Gasteiger partial charge in [-0.1, -0.05) is 23.2 Å². The molecule has 1 N–H and O–H groups in total. The van der Waals surface area contributed by atoms with Crippen LogP contribution in [0, 0.1) is 21.4 Å². The Morgan fingerprint density at radius 2 is 2.14 bits per heavy atom. The maximum atomic E-state index is 10.7. The number of nitriles is 1. The number of benzene rings is 1. The highest BCUT2D eigenvalue weighted by atomic mass is 35.5. The summed E-state index contributed by atoms with van der Waals surface area (Å²) >= 11 is 13.3. The molecule has 8 heteroatoms. The lowest BCUT2D eigenvalue weighted by molar-refractivity contribution is -0.384. The lowest BCUT2D eigenvalue weighted by Gasteiger charge is -2.15. The quantitative estimate of drug-likeness (QED) is 0.626. The van der Waals surface area contributed by atoms with Gasteiger partial charge in [0.15, 0.2) is 0 Å². The van der Waals surface area contributed by atoms with Crippen LogP contribution in [0.15, 0.2) is 24.3 Å². The van der Waals surface area contributed by atoms with Crippen LogP contribution < -0.4 is 5.32 Å². The second-order valence-electron chi connectivity index (χ2n) is 4.24. The molecule has 1 unspecified atom stereocenters. The molecule has 0 saturated carbocycles. The summed E-state index contributed by atoms with van der Waals surface area (Å²) in [7, 11) is 0. The van der Waals surface area contributed by atoms with Crippen molar-refractivity contribution in [3.8, 4) is 6.07 Å². The van der Waals surface area contributed by atoms with Crippen LogP contribution in [0.1, 0.15) is 24.1 Å². The van der Waals surface area contributed by atoms with Gasteiger partial charge in [-0.15, -0.1) is 11.3 Å². The molecule has 0 fully saturated rings. The summed E-state index contributed by atoms with van der Waals surface area (Å²) in [6, 6.07) is 7.60. The van der Waals surface area contributed by atoms with Gasteiger partial charge in [-0.25, -0.2) is 0 Å². The first-order valence-corrected chi connectivity index (χ1v) is 7.39. The largest absolute Gasteiger partial charge is 0.377 e. The molecule has 0 amide bonds. The van der Waals surface area contributed by atoms with Crippen LogP contribution in [0.5, 0.6) is 0 Å². The molecule has 0 saturated heterocycles. The van der Waals surface area contributed by atoms with Gasteiger partial charge < -0.3 is 5.32 Å². The molecule has 1 aromatic carbocycles. The van der Waals surface area contributed by atoms with Crippen LogP contribution in [-0.4, -0.2) is 4.92 Å². The number of nitro benzene ring substituents is 1. The van der Waals surface area contributed by atoms with Gasteiger partial charge in [-0.2, -0.15) is 5.26 Å². The predicted octanol–water partition coefficient (Wildman–Crippen LogP) is 5.01. The Hall–Kier alpha value is -1.81. The van der Waals surface area contributed by atoms with Crippen LogP contribution in [0.25, 0.3) is 0 Å². The highest BCUT2D eigenvalue weighted by Crippen LogP contribution is 2.36. The number of halogens is 2. The normalized spacial score (nSPS) is 11.7. The zero-order chi connectivity index (χ0) is 15.6. The van der Waals surface area contributed by atoms with Gasteiger partial charge in [-0.3, -0.25) is 10.1 Å². The first-order chi connectivity index (χ1) is 9.92. The van der Waals surface area contributed by atoms with E-state index < -0.39 is 4.92 Å². The minimum Gasteiger partial charge on any atom is -0.377 e. The second kappa shape index (κ2) is 6.31. The fourth-order valence-electron chi connectivity index (χ4n) is 1.82. The minimum atomic E-state index is -0.538. The Bertz CT molecular complexity index is 740. The van der Waals surface area contributed by atoms with Crippen molar-refractivity contribution in [2.24, 2.45) is 0 Å². The molecule has 0 aliphatic carbocycles. The highest BCUT2D eigenvalue weighted by Gasteiger charge is 2.16. The van der Waals surface area contributed by atoms with E-state index in [1.165, 1.54) is 29.5 Å². The minimum absolute atomic E-state index is 0.124. The molecule has 1 aromatic heterocycles. The van der Waals surface area contributed by atoms with E-state index >= 15 is 0 Å². The van der Waals surface area contributed by atoms with E-state index in [9.17, 15) is 10.1 Å². The summed E-state index contributed by atoms with van der Waals surface area (Å²) < 4.78 is 1.15. The molecule has 108 valence electrons. The number of anilines is 1. The SMILES string of the molecule is CC(Nc1ccc([N+](=O)[O-])cc1C#N)c1cc(Cl)sc1Cl. The van der Waals surface area contributed by atoms with Crippen LogP contribution >= 0.6 is 34.5 Å². The van der Waals surface area contributed by atoms with Gasteiger partial charge in [0.2, 0.25) is 0 Å². The zero-order valence-electron chi connectivity index (χ0n) is 10.8. The maximum Gasteiger partial charge on any atom is 0.270 e. The summed E-state index contributed by atoms with van der Waals surface area (Å²) in [6.45, 7) is 1.87. The van der Waals surface area contributed by atoms with Crippen LogP contribution in [0.2, 0.25) is 8.67 Å². The van der Waals surface area contributed by atoms with Gasteiger partial charge in [-0.05, 0) is 19.1 Å². The van der Waals surface area contributed by atoms with Gasteiger partial charge in [0.05, 0.1) is 30.9 Å². The van der Waals surface area contributed by atoms with Crippen molar-refractivity contribution in [3.05, 3.63) is 54.2 Å². The van der Waals surface area contributed by atoms with Crippen molar-refractivity contribution < 1.29 is 4.92 Å². The van der Waals surface area contributed by atoms with Gasteiger partial charge in [0.1, 0.15) is 6.07 Å². The average molecular weight is 342 g/mol. The molecular formula is C13H9Cl2N3O2S. The molecule has 0 aliphatic rings. The average Bonchev–Trinajstić information content (AvgIpc) is 2.78. The Balaban J connectivity index is 2.29. The standard InChI is InChI=1S/C13H9Cl2N3O2S/c1-7(10-5-12(14)21-13(10)15)17-11-3-2-9(18(19)20)4-8(11)6-16/h2-5,7,17H,1H3. The highest BCUT2D eigenvalue weighted by molar-refractivity contribution is 7.20. The second-order valence-corrected chi connectivity index (χ2v) is 6.53. The summed E-state index contributed by atoms with van der Waals surface area (Å²) in [5.41, 5.74) is 1.40. The third-order valence-electron chi connectivity index (χ3n) is 2.86. The molecular weight excluding hydrogens is 333 g/mol. The van der Waals surface area contributed by atoms with Crippen molar-refractivity contribution in [2.45, 2.75) is 13.0 Å². The fourth-order valence-corrected chi connectivity index (χ4v) is 3.47. The third kappa shape index (κ3) is 3.45. The molecule has 0 spiro atoms. The molecule has 1 heterocycles. The molecule has 2 rings (SSSR count). The third-order valence-corrected chi connectivity index (χ3v) is 4.37. The van der Waals surface area contributed by atoms with E-state index in [4.69, 9.17) is 28.5 Å². The van der Waals surface area contributed by atoms with Crippen molar-refractivity contribution in [1.29, 1.82) is 5.26 Å². The van der Waals surface area contributed by atoms with Crippen molar-refractivity contribution in [3.63, 3.8) is 0 Å². The molecule has 2 aromatic rings. The van der Waals surface area contributed by atoms with Crippen LogP contribution in [0.4, 0.5) is 11.4 Å². The van der Waals surface area contributed by atoms with Crippen molar-refractivity contribution in [1.82, 2.24) is 0 Å². The Labute approximate surface area is 134 Å². The molecule has 5 nitrogen and oxygen atoms in total. The lowest BCUT2D eigenvalue weighted by Crippen LogP contribution is -2.07. The Kier molecular flexibility index (Phi) is 4.68. The first-order valence-electron chi connectivity index (χ1n) is 5.82. The molecule has 1 atom stereocenters.